The van der Waals surface area contributed by atoms with Gasteiger partial charge in [0.15, 0.2) is 6.10 Å². The van der Waals surface area contributed by atoms with E-state index in [9.17, 15) is 0 Å². The summed E-state index contributed by atoms with van der Waals surface area (Å²) in [4.78, 5) is 0. The van der Waals surface area contributed by atoms with Crippen molar-refractivity contribution < 1.29 is 4.74 Å². The third-order valence-corrected chi connectivity index (χ3v) is 2.61. The fraction of sp³-hybridized carbons (Fsp3) is 0.300. The van der Waals surface area contributed by atoms with Crippen molar-refractivity contribution in [3.63, 3.8) is 0 Å². The Bertz CT molecular complexity index is 370. The van der Waals surface area contributed by atoms with Crippen molar-refractivity contribution in [3.8, 4) is 11.8 Å². The molecule has 1 aromatic rings. The molecule has 0 saturated carbocycles. The van der Waals surface area contributed by atoms with Gasteiger partial charge in [0.25, 0.3) is 0 Å². The predicted octanol–water partition coefficient (Wildman–Crippen LogP) is 2.67. The first-order chi connectivity index (χ1) is 6.29. The molecule has 1 aliphatic rings. The molecule has 0 bridgehead atoms. The first kappa shape index (κ1) is 8.58. The minimum atomic E-state index is -0.276. The highest BCUT2D eigenvalue weighted by atomic mass is 79.9. The highest BCUT2D eigenvalue weighted by Crippen LogP contribution is 2.30. The molecular weight excluding hydrogens is 230 g/mol. The van der Waals surface area contributed by atoms with Crippen LogP contribution in [0.25, 0.3) is 0 Å². The van der Waals surface area contributed by atoms with Crippen molar-refractivity contribution in [3.05, 3.63) is 28.2 Å². The molecule has 0 aliphatic carbocycles. The number of ether oxygens (including phenoxy) is 1. The average molecular weight is 238 g/mol. The molecule has 13 heavy (non-hydrogen) atoms. The van der Waals surface area contributed by atoms with E-state index in [1.165, 1.54) is 5.56 Å². The SMILES string of the molecule is N#CC1CCc2ccc(Br)cc2O1. The summed E-state index contributed by atoms with van der Waals surface area (Å²) in [5, 5.41) is 8.70. The number of nitrogens with zero attached hydrogens (tertiary/aromatic N) is 1. The van der Waals surface area contributed by atoms with Gasteiger partial charge in [-0.05, 0) is 24.1 Å². The second-order valence-electron chi connectivity index (χ2n) is 3.03. The number of rotatable bonds is 0. The standard InChI is InChI=1S/C10H8BrNO/c11-8-3-1-7-2-4-9(6-12)13-10(7)5-8/h1,3,5,9H,2,4H2. The molecule has 0 aromatic heterocycles. The smallest absolute Gasteiger partial charge is 0.184 e. The van der Waals surface area contributed by atoms with E-state index in [2.05, 4.69) is 22.0 Å². The van der Waals surface area contributed by atoms with Gasteiger partial charge in [0.1, 0.15) is 11.8 Å². The quantitative estimate of drug-likeness (QED) is 0.696. The van der Waals surface area contributed by atoms with Crippen molar-refractivity contribution in [2.24, 2.45) is 0 Å². The summed E-state index contributed by atoms with van der Waals surface area (Å²) < 4.78 is 6.46. The molecule has 0 radical (unpaired) electrons. The van der Waals surface area contributed by atoms with Crippen LogP contribution in [0.4, 0.5) is 0 Å². The Balaban J connectivity index is 2.34. The number of hydrogen-bond acceptors (Lipinski definition) is 2. The van der Waals surface area contributed by atoms with Crippen molar-refractivity contribution in [2.75, 3.05) is 0 Å². The van der Waals surface area contributed by atoms with Gasteiger partial charge in [-0.2, -0.15) is 5.26 Å². The Morgan fingerprint density at radius 2 is 2.38 bits per heavy atom. The Morgan fingerprint density at radius 1 is 1.54 bits per heavy atom. The van der Waals surface area contributed by atoms with Crippen molar-refractivity contribution >= 4 is 15.9 Å². The molecule has 0 fully saturated rings. The van der Waals surface area contributed by atoms with Crippen LogP contribution in [0.5, 0.6) is 5.75 Å². The summed E-state index contributed by atoms with van der Waals surface area (Å²) in [6, 6.07) is 8.07. The number of benzene rings is 1. The Kier molecular flexibility index (Phi) is 2.24. The van der Waals surface area contributed by atoms with E-state index < -0.39 is 0 Å². The maximum absolute atomic E-state index is 8.70. The maximum Gasteiger partial charge on any atom is 0.184 e. The fourth-order valence-corrected chi connectivity index (χ4v) is 1.77. The van der Waals surface area contributed by atoms with Gasteiger partial charge in [0, 0.05) is 10.9 Å². The van der Waals surface area contributed by atoms with Crippen LogP contribution in [0.3, 0.4) is 0 Å². The first-order valence-electron chi connectivity index (χ1n) is 4.14. The number of nitriles is 1. The zero-order valence-corrected chi connectivity index (χ0v) is 8.54. The molecule has 0 amide bonds. The van der Waals surface area contributed by atoms with Crippen LogP contribution in [0.15, 0.2) is 22.7 Å². The molecule has 0 N–H and O–H groups in total. The lowest BCUT2D eigenvalue weighted by atomic mass is 10.0. The lowest BCUT2D eigenvalue weighted by molar-refractivity contribution is 0.225. The van der Waals surface area contributed by atoms with E-state index in [4.69, 9.17) is 10.00 Å². The highest BCUT2D eigenvalue weighted by molar-refractivity contribution is 9.10. The summed E-state index contributed by atoms with van der Waals surface area (Å²) in [5.41, 5.74) is 1.19. The second-order valence-corrected chi connectivity index (χ2v) is 3.94. The number of aryl methyl sites for hydroxylation is 1. The lowest BCUT2D eigenvalue weighted by Crippen LogP contribution is -2.20. The van der Waals surface area contributed by atoms with E-state index >= 15 is 0 Å². The maximum atomic E-state index is 8.70. The first-order valence-corrected chi connectivity index (χ1v) is 4.93. The summed E-state index contributed by atoms with van der Waals surface area (Å²) >= 11 is 3.37. The molecule has 2 nitrogen and oxygen atoms in total. The van der Waals surface area contributed by atoms with E-state index in [-0.39, 0.29) is 6.10 Å². The van der Waals surface area contributed by atoms with E-state index in [1.807, 2.05) is 18.2 Å². The average Bonchev–Trinajstić information content (AvgIpc) is 2.16. The molecule has 0 saturated heterocycles. The van der Waals surface area contributed by atoms with Gasteiger partial charge in [0.05, 0.1) is 0 Å². The third kappa shape index (κ3) is 1.68. The van der Waals surface area contributed by atoms with Gasteiger partial charge in [-0.25, -0.2) is 0 Å². The van der Waals surface area contributed by atoms with Gasteiger partial charge >= 0.3 is 0 Å². The van der Waals surface area contributed by atoms with Crippen LogP contribution in [-0.4, -0.2) is 6.10 Å². The monoisotopic (exact) mass is 237 g/mol. The third-order valence-electron chi connectivity index (χ3n) is 2.12. The van der Waals surface area contributed by atoms with Gasteiger partial charge in [-0.3, -0.25) is 0 Å². The molecule has 1 atom stereocenters. The van der Waals surface area contributed by atoms with Crippen LogP contribution < -0.4 is 4.74 Å². The van der Waals surface area contributed by atoms with Crippen molar-refractivity contribution in [1.29, 1.82) is 5.26 Å². The zero-order valence-electron chi connectivity index (χ0n) is 6.96. The van der Waals surface area contributed by atoms with Crippen LogP contribution in [0.1, 0.15) is 12.0 Å². The topological polar surface area (TPSA) is 33.0 Å². The molecule has 1 unspecified atom stereocenters. The second kappa shape index (κ2) is 3.39. The normalized spacial score (nSPS) is 19.8. The van der Waals surface area contributed by atoms with E-state index in [1.54, 1.807) is 0 Å². The number of fused-ring (bicyclic) bond motifs is 1. The largest absolute Gasteiger partial charge is 0.475 e. The summed E-state index contributed by atoms with van der Waals surface area (Å²) in [6.45, 7) is 0. The zero-order chi connectivity index (χ0) is 9.26. The van der Waals surface area contributed by atoms with Crippen molar-refractivity contribution in [2.45, 2.75) is 18.9 Å². The summed E-state index contributed by atoms with van der Waals surface area (Å²) in [6.07, 6.45) is 1.45. The van der Waals surface area contributed by atoms with Crippen LogP contribution in [0, 0.1) is 11.3 Å². The van der Waals surface area contributed by atoms with Gasteiger partial charge < -0.3 is 4.74 Å². The Hall–Kier alpha value is -1.01. The molecule has 0 spiro atoms. The van der Waals surface area contributed by atoms with Gasteiger partial charge in [0.2, 0.25) is 0 Å². The molecule has 66 valence electrons. The number of halogens is 1. The predicted molar refractivity (Wildman–Crippen MR) is 52.5 cm³/mol. The Morgan fingerprint density at radius 3 is 3.15 bits per heavy atom. The highest BCUT2D eigenvalue weighted by Gasteiger charge is 2.18. The van der Waals surface area contributed by atoms with Crippen LogP contribution >= 0.6 is 15.9 Å². The van der Waals surface area contributed by atoms with E-state index in [0.717, 1.165) is 23.1 Å². The molecule has 1 aliphatic heterocycles. The summed E-state index contributed by atoms with van der Waals surface area (Å²) in [7, 11) is 0. The van der Waals surface area contributed by atoms with Gasteiger partial charge in [-0.15, -0.1) is 0 Å². The minimum absolute atomic E-state index is 0.276. The molecule has 1 heterocycles. The molecular formula is C10H8BrNO. The number of hydrogen-bond donors (Lipinski definition) is 0. The fourth-order valence-electron chi connectivity index (χ4n) is 1.43. The van der Waals surface area contributed by atoms with Crippen molar-refractivity contribution in [1.82, 2.24) is 0 Å². The molecule has 2 rings (SSSR count). The van der Waals surface area contributed by atoms with Crippen LogP contribution in [-0.2, 0) is 6.42 Å². The van der Waals surface area contributed by atoms with E-state index in [0.29, 0.717) is 0 Å². The lowest BCUT2D eigenvalue weighted by Gasteiger charge is -2.21. The Labute approximate surface area is 85.3 Å². The van der Waals surface area contributed by atoms with Gasteiger partial charge in [-0.1, -0.05) is 22.0 Å². The summed E-state index contributed by atoms with van der Waals surface area (Å²) in [5.74, 6) is 0.840. The molecule has 3 heteroatoms. The minimum Gasteiger partial charge on any atom is -0.475 e. The van der Waals surface area contributed by atoms with Crippen LogP contribution in [0.2, 0.25) is 0 Å². The molecule has 1 aromatic carbocycles.